The van der Waals surface area contributed by atoms with Crippen molar-refractivity contribution in [2.45, 2.75) is 20.3 Å². The van der Waals surface area contributed by atoms with Crippen LogP contribution in [0.2, 0.25) is 0 Å². The number of benzene rings is 1. The summed E-state index contributed by atoms with van der Waals surface area (Å²) in [6.07, 6.45) is 4.06. The largest absolute Gasteiger partial charge is 0.385 e. The van der Waals surface area contributed by atoms with Gasteiger partial charge in [-0.05, 0) is 49.6 Å². The number of methoxy groups -OCH3 is 1. The molecular weight excluding hydrogens is 290 g/mol. The molecule has 0 saturated heterocycles. The van der Waals surface area contributed by atoms with Gasteiger partial charge >= 0.3 is 0 Å². The van der Waals surface area contributed by atoms with Crippen molar-refractivity contribution in [3.8, 4) is 0 Å². The number of nitrogens with one attached hydrogen (secondary N) is 2. The Bertz CT molecular complexity index is 671. The number of pyridine rings is 1. The van der Waals surface area contributed by atoms with E-state index in [0.717, 1.165) is 17.8 Å². The topological polar surface area (TPSA) is 63.2 Å². The minimum atomic E-state index is -0.127. The number of aryl methyl sites for hydroxylation is 2. The molecule has 1 amide bonds. The number of hydrogen-bond acceptors (Lipinski definition) is 4. The highest BCUT2D eigenvalue weighted by Crippen LogP contribution is 2.19. The van der Waals surface area contributed by atoms with E-state index in [-0.39, 0.29) is 5.91 Å². The second-order valence-electron chi connectivity index (χ2n) is 5.49. The average molecular weight is 313 g/mol. The molecule has 1 aromatic carbocycles. The molecule has 2 aromatic rings. The monoisotopic (exact) mass is 313 g/mol. The van der Waals surface area contributed by atoms with E-state index in [2.05, 4.69) is 41.6 Å². The zero-order chi connectivity index (χ0) is 16.7. The van der Waals surface area contributed by atoms with Crippen molar-refractivity contribution in [3.05, 3.63) is 53.3 Å². The smallest absolute Gasteiger partial charge is 0.252 e. The molecule has 0 unspecified atom stereocenters. The molecule has 0 fully saturated rings. The van der Waals surface area contributed by atoms with E-state index in [1.54, 1.807) is 25.6 Å². The minimum Gasteiger partial charge on any atom is -0.385 e. The molecule has 5 heteroatoms. The van der Waals surface area contributed by atoms with Crippen LogP contribution in [0.25, 0.3) is 0 Å². The Balaban J connectivity index is 2.01. The molecule has 0 aliphatic heterocycles. The Hall–Kier alpha value is -2.40. The van der Waals surface area contributed by atoms with Crippen LogP contribution in [-0.2, 0) is 4.74 Å². The number of anilines is 2. The molecule has 2 rings (SSSR count). The molecule has 0 bridgehead atoms. The van der Waals surface area contributed by atoms with Crippen LogP contribution >= 0.6 is 0 Å². The van der Waals surface area contributed by atoms with Crippen molar-refractivity contribution in [3.63, 3.8) is 0 Å². The number of ether oxygens (including phenoxy) is 1. The lowest BCUT2D eigenvalue weighted by Gasteiger charge is -2.10. The van der Waals surface area contributed by atoms with Crippen LogP contribution in [0.4, 0.5) is 11.4 Å². The van der Waals surface area contributed by atoms with Crippen molar-refractivity contribution < 1.29 is 9.53 Å². The molecule has 0 radical (unpaired) electrons. The number of carbonyl (C=O) groups is 1. The van der Waals surface area contributed by atoms with E-state index in [9.17, 15) is 4.79 Å². The molecule has 0 spiro atoms. The van der Waals surface area contributed by atoms with E-state index in [4.69, 9.17) is 4.74 Å². The number of carbonyl (C=O) groups excluding carboxylic acids is 1. The summed E-state index contributed by atoms with van der Waals surface area (Å²) in [6.45, 7) is 5.37. The van der Waals surface area contributed by atoms with Gasteiger partial charge in [0.1, 0.15) is 0 Å². The van der Waals surface area contributed by atoms with Crippen molar-refractivity contribution in [1.82, 2.24) is 10.3 Å². The summed E-state index contributed by atoms with van der Waals surface area (Å²) in [5.41, 5.74) is 4.77. The van der Waals surface area contributed by atoms with E-state index >= 15 is 0 Å². The van der Waals surface area contributed by atoms with Crippen LogP contribution in [0.15, 0.2) is 36.7 Å². The van der Waals surface area contributed by atoms with E-state index in [1.165, 1.54) is 11.1 Å². The maximum absolute atomic E-state index is 12.1. The maximum atomic E-state index is 12.1. The third-order valence-corrected chi connectivity index (χ3v) is 3.61. The van der Waals surface area contributed by atoms with Crippen LogP contribution < -0.4 is 10.6 Å². The third kappa shape index (κ3) is 5.07. The van der Waals surface area contributed by atoms with Gasteiger partial charge in [-0.3, -0.25) is 9.78 Å². The normalized spacial score (nSPS) is 10.4. The zero-order valence-electron chi connectivity index (χ0n) is 13.8. The summed E-state index contributed by atoms with van der Waals surface area (Å²) in [7, 11) is 1.65. The SMILES string of the molecule is COCCCNC(=O)c1cncc(Nc2ccc(C)c(C)c2)c1. The lowest BCUT2D eigenvalue weighted by Crippen LogP contribution is -2.25. The predicted octanol–water partition coefficient (Wildman–Crippen LogP) is 3.21. The Labute approximate surface area is 137 Å². The molecule has 0 aliphatic carbocycles. The van der Waals surface area contributed by atoms with Gasteiger partial charge in [0, 0.05) is 32.1 Å². The minimum absolute atomic E-state index is 0.127. The summed E-state index contributed by atoms with van der Waals surface area (Å²) < 4.78 is 4.96. The van der Waals surface area contributed by atoms with E-state index < -0.39 is 0 Å². The van der Waals surface area contributed by atoms with Gasteiger partial charge in [-0.2, -0.15) is 0 Å². The average Bonchev–Trinajstić information content (AvgIpc) is 2.55. The molecule has 2 N–H and O–H groups in total. The van der Waals surface area contributed by atoms with Gasteiger partial charge in [-0.25, -0.2) is 0 Å². The van der Waals surface area contributed by atoms with Crippen LogP contribution in [0.3, 0.4) is 0 Å². The van der Waals surface area contributed by atoms with Crippen LogP contribution in [0.5, 0.6) is 0 Å². The highest BCUT2D eigenvalue weighted by atomic mass is 16.5. The first-order valence-corrected chi connectivity index (χ1v) is 7.66. The summed E-state index contributed by atoms with van der Waals surface area (Å²) in [4.78, 5) is 16.2. The summed E-state index contributed by atoms with van der Waals surface area (Å²) in [5, 5.41) is 6.14. The summed E-state index contributed by atoms with van der Waals surface area (Å²) >= 11 is 0. The molecule has 122 valence electrons. The van der Waals surface area contributed by atoms with Crippen LogP contribution in [-0.4, -0.2) is 31.2 Å². The first kappa shape index (κ1) is 17.0. The van der Waals surface area contributed by atoms with Gasteiger partial charge in [0.2, 0.25) is 0 Å². The van der Waals surface area contributed by atoms with Crippen molar-refractivity contribution in [2.75, 3.05) is 25.6 Å². The maximum Gasteiger partial charge on any atom is 0.252 e. The molecular formula is C18H23N3O2. The van der Waals surface area contributed by atoms with Gasteiger partial charge in [0.25, 0.3) is 5.91 Å². The number of amides is 1. The lowest BCUT2D eigenvalue weighted by atomic mass is 10.1. The zero-order valence-corrected chi connectivity index (χ0v) is 13.8. The molecule has 23 heavy (non-hydrogen) atoms. The van der Waals surface area contributed by atoms with E-state index in [0.29, 0.717) is 18.7 Å². The molecule has 1 heterocycles. The van der Waals surface area contributed by atoms with Gasteiger partial charge in [-0.15, -0.1) is 0 Å². The molecule has 0 aliphatic rings. The Morgan fingerprint density at radius 1 is 1.13 bits per heavy atom. The van der Waals surface area contributed by atoms with Crippen LogP contribution in [0, 0.1) is 13.8 Å². The van der Waals surface area contributed by atoms with Gasteiger partial charge < -0.3 is 15.4 Å². The highest BCUT2D eigenvalue weighted by molar-refractivity contribution is 5.94. The molecule has 0 atom stereocenters. The Morgan fingerprint density at radius 2 is 1.96 bits per heavy atom. The first-order valence-electron chi connectivity index (χ1n) is 7.66. The Kier molecular flexibility index (Phi) is 6.11. The van der Waals surface area contributed by atoms with Crippen molar-refractivity contribution in [2.24, 2.45) is 0 Å². The fourth-order valence-corrected chi connectivity index (χ4v) is 2.14. The third-order valence-electron chi connectivity index (χ3n) is 3.61. The molecule has 1 aromatic heterocycles. The quantitative estimate of drug-likeness (QED) is 0.771. The summed E-state index contributed by atoms with van der Waals surface area (Å²) in [5.74, 6) is -0.127. The fraction of sp³-hybridized carbons (Fsp3) is 0.333. The number of rotatable bonds is 7. The second kappa shape index (κ2) is 8.29. The number of aromatic nitrogens is 1. The van der Waals surface area contributed by atoms with Crippen molar-refractivity contribution >= 4 is 17.3 Å². The first-order chi connectivity index (χ1) is 11.1. The van der Waals surface area contributed by atoms with Crippen LogP contribution in [0.1, 0.15) is 27.9 Å². The van der Waals surface area contributed by atoms with Gasteiger partial charge in [0.15, 0.2) is 0 Å². The number of nitrogens with zero attached hydrogens (tertiary/aromatic N) is 1. The van der Waals surface area contributed by atoms with Gasteiger partial charge in [0.05, 0.1) is 17.4 Å². The standard InChI is InChI=1S/C18H23N3O2/c1-13-5-6-16(9-14(13)2)21-17-10-15(11-19-12-17)18(22)20-7-4-8-23-3/h5-6,9-12,21H,4,7-8H2,1-3H3,(H,20,22). The lowest BCUT2D eigenvalue weighted by molar-refractivity contribution is 0.0948. The van der Waals surface area contributed by atoms with E-state index in [1.807, 2.05) is 6.07 Å². The highest BCUT2D eigenvalue weighted by Gasteiger charge is 2.07. The Morgan fingerprint density at radius 3 is 2.70 bits per heavy atom. The predicted molar refractivity (Wildman–Crippen MR) is 92.3 cm³/mol. The van der Waals surface area contributed by atoms with Gasteiger partial charge in [-0.1, -0.05) is 6.07 Å². The summed E-state index contributed by atoms with van der Waals surface area (Å²) in [6, 6.07) is 7.96. The molecule has 0 saturated carbocycles. The fourth-order valence-electron chi connectivity index (χ4n) is 2.14. The van der Waals surface area contributed by atoms with Crippen molar-refractivity contribution in [1.29, 1.82) is 0 Å². The second-order valence-corrected chi connectivity index (χ2v) is 5.49. The molecule has 5 nitrogen and oxygen atoms in total. The number of hydrogen-bond donors (Lipinski definition) is 2.